The molecule has 0 spiro atoms. The lowest BCUT2D eigenvalue weighted by Gasteiger charge is -2.30. The molecule has 3 rings (SSSR count). The van der Waals surface area contributed by atoms with E-state index in [0.29, 0.717) is 6.10 Å². The van der Waals surface area contributed by atoms with Gasteiger partial charge in [-0.3, -0.25) is 0 Å². The maximum absolute atomic E-state index is 6.11. The summed E-state index contributed by atoms with van der Waals surface area (Å²) in [7, 11) is 2.17. The summed E-state index contributed by atoms with van der Waals surface area (Å²) in [5.74, 6) is 1.02. The van der Waals surface area contributed by atoms with Crippen LogP contribution < -0.4 is 10.1 Å². The molecule has 2 aliphatic heterocycles. The molecule has 0 saturated carbocycles. The normalized spacial score (nSPS) is 24.2. The van der Waals surface area contributed by atoms with E-state index in [1.165, 1.54) is 43.5 Å². The van der Waals surface area contributed by atoms with E-state index >= 15 is 0 Å². The molecule has 0 bridgehead atoms. The van der Waals surface area contributed by atoms with E-state index in [1.54, 1.807) is 0 Å². The van der Waals surface area contributed by atoms with Gasteiger partial charge in [-0.05, 0) is 50.9 Å². The van der Waals surface area contributed by atoms with Crippen LogP contribution in [0.3, 0.4) is 0 Å². The summed E-state index contributed by atoms with van der Waals surface area (Å²) in [6, 6.07) is 6.51. The molecule has 0 aliphatic carbocycles. The van der Waals surface area contributed by atoms with Gasteiger partial charge in [0.2, 0.25) is 0 Å². The molecule has 1 N–H and O–H groups in total. The smallest absolute Gasteiger partial charge is 0.121 e. The van der Waals surface area contributed by atoms with Gasteiger partial charge in [0.05, 0.1) is 0 Å². The van der Waals surface area contributed by atoms with Crippen molar-refractivity contribution in [2.45, 2.75) is 31.8 Å². The molecule has 1 fully saturated rings. The van der Waals surface area contributed by atoms with Gasteiger partial charge < -0.3 is 15.0 Å². The van der Waals surface area contributed by atoms with Crippen LogP contribution in [0.15, 0.2) is 18.2 Å². The third-order valence-corrected chi connectivity index (χ3v) is 3.90. The number of piperidine rings is 1. The standard InChI is InChI=1S/C15H22N2O/c1-17-9-3-5-14(11-17)18-13-7-6-12-4-2-8-16-15(12)10-13/h6-7,10,14,16H,2-5,8-9,11H2,1H3. The Bertz CT molecular complexity index is 419. The number of ether oxygens (including phenoxy) is 1. The van der Waals surface area contributed by atoms with Gasteiger partial charge in [0.1, 0.15) is 11.9 Å². The minimum Gasteiger partial charge on any atom is -0.489 e. The first-order valence-electron chi connectivity index (χ1n) is 7.03. The van der Waals surface area contributed by atoms with Crippen molar-refractivity contribution in [2.24, 2.45) is 0 Å². The molecule has 18 heavy (non-hydrogen) atoms. The summed E-state index contributed by atoms with van der Waals surface area (Å²) in [5, 5.41) is 3.46. The number of anilines is 1. The van der Waals surface area contributed by atoms with E-state index < -0.39 is 0 Å². The fraction of sp³-hybridized carbons (Fsp3) is 0.600. The summed E-state index contributed by atoms with van der Waals surface area (Å²) in [6.07, 6.45) is 5.19. The number of rotatable bonds is 2. The minimum absolute atomic E-state index is 0.352. The third-order valence-electron chi connectivity index (χ3n) is 3.90. The maximum atomic E-state index is 6.11. The van der Waals surface area contributed by atoms with Crippen molar-refractivity contribution >= 4 is 5.69 Å². The predicted octanol–water partition coefficient (Wildman–Crippen LogP) is 2.52. The van der Waals surface area contributed by atoms with Crippen LogP contribution in [-0.2, 0) is 6.42 Å². The van der Waals surface area contributed by atoms with Gasteiger partial charge in [0, 0.05) is 24.8 Å². The van der Waals surface area contributed by atoms with Gasteiger partial charge in [-0.15, -0.1) is 0 Å². The lowest BCUT2D eigenvalue weighted by atomic mass is 10.0. The van der Waals surface area contributed by atoms with Crippen LogP contribution >= 0.6 is 0 Å². The molecule has 3 nitrogen and oxygen atoms in total. The molecule has 0 aromatic heterocycles. The van der Waals surface area contributed by atoms with Crippen molar-refractivity contribution in [1.82, 2.24) is 4.90 Å². The maximum Gasteiger partial charge on any atom is 0.121 e. The fourth-order valence-electron chi connectivity index (χ4n) is 2.92. The van der Waals surface area contributed by atoms with Gasteiger partial charge in [0.25, 0.3) is 0 Å². The highest BCUT2D eigenvalue weighted by Crippen LogP contribution is 2.28. The molecule has 2 aliphatic rings. The predicted molar refractivity (Wildman–Crippen MR) is 74.4 cm³/mol. The largest absolute Gasteiger partial charge is 0.489 e. The van der Waals surface area contributed by atoms with Crippen LogP contribution in [0.5, 0.6) is 5.75 Å². The number of fused-ring (bicyclic) bond motifs is 1. The molecular formula is C15H22N2O. The molecule has 1 aromatic carbocycles. The SMILES string of the molecule is CN1CCCC(Oc2ccc3c(c2)NCCC3)C1. The van der Waals surface area contributed by atoms with Crippen LogP contribution in [0, 0.1) is 0 Å². The van der Waals surface area contributed by atoms with Crippen molar-refractivity contribution in [3.8, 4) is 5.75 Å². The van der Waals surface area contributed by atoms with Gasteiger partial charge in [-0.2, -0.15) is 0 Å². The van der Waals surface area contributed by atoms with Crippen molar-refractivity contribution < 1.29 is 4.74 Å². The molecule has 0 amide bonds. The zero-order chi connectivity index (χ0) is 12.4. The molecule has 98 valence electrons. The third kappa shape index (κ3) is 2.61. The Morgan fingerprint density at radius 2 is 2.28 bits per heavy atom. The average Bonchev–Trinajstić information content (AvgIpc) is 2.39. The lowest BCUT2D eigenvalue weighted by Crippen LogP contribution is -2.38. The van der Waals surface area contributed by atoms with Gasteiger partial charge in [-0.25, -0.2) is 0 Å². The second-order valence-electron chi connectivity index (χ2n) is 5.49. The van der Waals surface area contributed by atoms with Crippen molar-refractivity contribution in [1.29, 1.82) is 0 Å². The number of benzene rings is 1. The van der Waals surface area contributed by atoms with Crippen LogP contribution in [0.1, 0.15) is 24.8 Å². The summed E-state index contributed by atoms with van der Waals surface area (Å²) < 4.78 is 6.11. The zero-order valence-electron chi connectivity index (χ0n) is 11.1. The Hall–Kier alpha value is -1.22. The van der Waals surface area contributed by atoms with Crippen LogP contribution in [0.25, 0.3) is 0 Å². The minimum atomic E-state index is 0.352. The number of hydrogen-bond acceptors (Lipinski definition) is 3. The first-order chi connectivity index (χ1) is 8.81. The fourth-order valence-corrected chi connectivity index (χ4v) is 2.92. The molecule has 1 atom stereocenters. The molecule has 1 saturated heterocycles. The highest BCUT2D eigenvalue weighted by atomic mass is 16.5. The van der Waals surface area contributed by atoms with Crippen LogP contribution in [0.4, 0.5) is 5.69 Å². The first kappa shape index (κ1) is 11.8. The molecular weight excluding hydrogens is 224 g/mol. The summed E-state index contributed by atoms with van der Waals surface area (Å²) in [6.45, 7) is 3.33. The Kier molecular flexibility index (Phi) is 3.41. The molecule has 3 heteroatoms. The topological polar surface area (TPSA) is 24.5 Å². The van der Waals surface area contributed by atoms with E-state index in [2.05, 4.69) is 35.5 Å². The quantitative estimate of drug-likeness (QED) is 0.868. The van der Waals surface area contributed by atoms with Gasteiger partial charge >= 0.3 is 0 Å². The first-order valence-corrected chi connectivity index (χ1v) is 7.03. The zero-order valence-corrected chi connectivity index (χ0v) is 11.1. The molecule has 1 unspecified atom stereocenters. The monoisotopic (exact) mass is 246 g/mol. The summed E-state index contributed by atoms with van der Waals surface area (Å²) in [4.78, 5) is 2.35. The summed E-state index contributed by atoms with van der Waals surface area (Å²) in [5.41, 5.74) is 2.69. The Morgan fingerprint density at radius 3 is 3.17 bits per heavy atom. The second kappa shape index (κ2) is 5.19. The van der Waals surface area contributed by atoms with Gasteiger partial charge in [0.15, 0.2) is 0 Å². The summed E-state index contributed by atoms with van der Waals surface area (Å²) >= 11 is 0. The second-order valence-corrected chi connectivity index (χ2v) is 5.49. The number of hydrogen-bond donors (Lipinski definition) is 1. The average molecular weight is 246 g/mol. The molecule has 1 aromatic rings. The van der Waals surface area contributed by atoms with E-state index in [9.17, 15) is 0 Å². The van der Waals surface area contributed by atoms with Crippen LogP contribution in [0.2, 0.25) is 0 Å². The highest BCUT2D eigenvalue weighted by Gasteiger charge is 2.19. The highest BCUT2D eigenvalue weighted by molar-refractivity contribution is 5.56. The number of aryl methyl sites for hydroxylation is 1. The lowest BCUT2D eigenvalue weighted by molar-refractivity contribution is 0.104. The van der Waals surface area contributed by atoms with E-state index in [0.717, 1.165) is 18.8 Å². The van der Waals surface area contributed by atoms with E-state index in [1.807, 2.05) is 0 Å². The number of likely N-dealkylation sites (N-methyl/N-ethyl adjacent to an activating group) is 1. The molecule has 2 heterocycles. The Labute approximate surface area is 109 Å². The van der Waals surface area contributed by atoms with Crippen LogP contribution in [-0.4, -0.2) is 37.7 Å². The van der Waals surface area contributed by atoms with Gasteiger partial charge in [-0.1, -0.05) is 6.07 Å². The number of nitrogens with one attached hydrogen (secondary N) is 1. The number of likely N-dealkylation sites (tertiary alicyclic amines) is 1. The van der Waals surface area contributed by atoms with Crippen molar-refractivity contribution in [3.05, 3.63) is 23.8 Å². The van der Waals surface area contributed by atoms with E-state index in [-0.39, 0.29) is 0 Å². The Morgan fingerprint density at radius 1 is 1.33 bits per heavy atom. The number of nitrogens with zero attached hydrogens (tertiary/aromatic N) is 1. The van der Waals surface area contributed by atoms with Crippen molar-refractivity contribution in [3.63, 3.8) is 0 Å². The van der Waals surface area contributed by atoms with Crippen molar-refractivity contribution in [2.75, 3.05) is 32.0 Å². The van der Waals surface area contributed by atoms with E-state index in [4.69, 9.17) is 4.74 Å². The Balaban J connectivity index is 1.69. The molecule has 0 radical (unpaired) electrons.